The molecule has 0 radical (unpaired) electrons. The Hall–Kier alpha value is -4.13. The third kappa shape index (κ3) is 6.18. The van der Waals surface area contributed by atoms with Crippen molar-refractivity contribution in [3.8, 4) is 0 Å². The number of rotatable bonds is 9. The van der Waals surface area contributed by atoms with Crippen molar-refractivity contribution in [2.75, 3.05) is 34.0 Å². The summed E-state index contributed by atoms with van der Waals surface area (Å²) in [5.41, 5.74) is 5.44. The lowest BCUT2D eigenvalue weighted by Crippen LogP contribution is -2.35. The van der Waals surface area contributed by atoms with Crippen LogP contribution in [-0.2, 0) is 9.59 Å². The van der Waals surface area contributed by atoms with E-state index < -0.39 is 11.8 Å². The minimum Gasteiger partial charge on any atom is -0.372 e. The van der Waals surface area contributed by atoms with Gasteiger partial charge in [0, 0.05) is 30.2 Å². The molecule has 7 nitrogen and oxygen atoms in total. The van der Waals surface area contributed by atoms with Gasteiger partial charge in [-0.3, -0.25) is 15.0 Å². The van der Waals surface area contributed by atoms with E-state index in [1.54, 1.807) is 48.5 Å². The molecule has 164 valence electrons. The summed E-state index contributed by atoms with van der Waals surface area (Å²) in [7, 11) is 0. The largest absolute Gasteiger partial charge is 0.372 e. The first-order valence-corrected chi connectivity index (χ1v) is 10.5. The van der Waals surface area contributed by atoms with E-state index in [9.17, 15) is 9.59 Å². The highest BCUT2D eigenvalue weighted by atomic mass is 16.2. The Labute approximate surface area is 188 Å². The Morgan fingerprint density at radius 1 is 0.688 bits per heavy atom. The fourth-order valence-corrected chi connectivity index (χ4v) is 3.08. The van der Waals surface area contributed by atoms with E-state index in [0.29, 0.717) is 17.1 Å². The van der Waals surface area contributed by atoms with Gasteiger partial charge in [-0.1, -0.05) is 36.4 Å². The number of hydrogen-bond donors (Lipinski definition) is 3. The van der Waals surface area contributed by atoms with Crippen LogP contribution in [0.4, 0.5) is 22.7 Å². The summed E-state index contributed by atoms with van der Waals surface area (Å²) in [6.45, 7) is 6.02. The van der Waals surface area contributed by atoms with E-state index in [2.05, 4.69) is 39.9 Å². The van der Waals surface area contributed by atoms with Gasteiger partial charge in [0.05, 0.1) is 5.69 Å². The van der Waals surface area contributed by atoms with Crippen LogP contribution < -0.4 is 21.0 Å². The van der Waals surface area contributed by atoms with Crippen LogP contribution in [0.2, 0.25) is 0 Å². The summed E-state index contributed by atoms with van der Waals surface area (Å²) in [6.07, 6.45) is 0. The molecule has 3 aromatic rings. The van der Waals surface area contributed by atoms with Gasteiger partial charge in [-0.05, 0) is 62.4 Å². The number of nitrogens with one attached hydrogen (secondary N) is 3. The van der Waals surface area contributed by atoms with Crippen LogP contribution in [0.25, 0.3) is 0 Å². The fourth-order valence-electron chi connectivity index (χ4n) is 3.08. The maximum atomic E-state index is 12.8. The normalized spacial score (nSPS) is 10.1. The van der Waals surface area contributed by atoms with Crippen LogP contribution in [0.1, 0.15) is 13.8 Å². The first kappa shape index (κ1) is 22.6. The Morgan fingerprint density at radius 3 is 1.59 bits per heavy atom. The van der Waals surface area contributed by atoms with Crippen molar-refractivity contribution in [1.29, 1.82) is 0 Å². The predicted molar refractivity (Wildman–Crippen MR) is 131 cm³/mol. The first-order valence-electron chi connectivity index (χ1n) is 10.5. The van der Waals surface area contributed by atoms with Crippen LogP contribution in [0.5, 0.6) is 0 Å². The van der Waals surface area contributed by atoms with Gasteiger partial charge >= 0.3 is 0 Å². The van der Waals surface area contributed by atoms with Gasteiger partial charge in [0.25, 0.3) is 11.8 Å². The number of para-hydroxylation sites is 2. The SMILES string of the molecule is CCN(CC)c1ccc(NN=C(C(=O)Nc2ccccc2)C(=O)Nc2ccccc2)cc1. The van der Waals surface area contributed by atoms with Crippen molar-refractivity contribution in [1.82, 2.24) is 0 Å². The maximum Gasteiger partial charge on any atom is 0.281 e. The molecule has 0 aliphatic carbocycles. The van der Waals surface area contributed by atoms with Crippen molar-refractivity contribution in [2.45, 2.75) is 13.8 Å². The minimum atomic E-state index is -0.614. The molecule has 0 bridgehead atoms. The summed E-state index contributed by atoms with van der Waals surface area (Å²) < 4.78 is 0. The molecule has 0 aliphatic rings. The third-order valence-corrected chi connectivity index (χ3v) is 4.79. The van der Waals surface area contributed by atoms with Crippen LogP contribution in [-0.4, -0.2) is 30.6 Å². The topological polar surface area (TPSA) is 85.8 Å². The Kier molecular flexibility index (Phi) is 7.97. The lowest BCUT2D eigenvalue weighted by molar-refractivity contribution is -0.114. The number of amides is 2. The molecule has 0 aliphatic heterocycles. The Bertz CT molecular complexity index is 991. The summed E-state index contributed by atoms with van der Waals surface area (Å²) in [4.78, 5) is 27.9. The molecular weight excluding hydrogens is 402 g/mol. The number of benzene rings is 3. The van der Waals surface area contributed by atoms with Gasteiger partial charge in [0.2, 0.25) is 5.71 Å². The molecule has 3 N–H and O–H groups in total. The number of hydrogen-bond acceptors (Lipinski definition) is 5. The van der Waals surface area contributed by atoms with Gasteiger partial charge < -0.3 is 15.5 Å². The zero-order valence-corrected chi connectivity index (χ0v) is 18.2. The molecule has 32 heavy (non-hydrogen) atoms. The second-order valence-electron chi connectivity index (χ2n) is 6.93. The summed E-state index contributed by atoms with van der Waals surface area (Å²) in [6, 6.07) is 25.5. The number of hydrazone groups is 1. The van der Waals surface area contributed by atoms with Crippen molar-refractivity contribution in [3.05, 3.63) is 84.9 Å². The molecule has 2 amide bonds. The fraction of sp³-hybridized carbons (Fsp3) is 0.160. The van der Waals surface area contributed by atoms with Crippen molar-refractivity contribution in [3.63, 3.8) is 0 Å². The quantitative estimate of drug-likeness (QED) is 0.264. The molecule has 0 saturated carbocycles. The lowest BCUT2D eigenvalue weighted by Gasteiger charge is -2.21. The second-order valence-corrected chi connectivity index (χ2v) is 6.93. The molecule has 7 heteroatoms. The monoisotopic (exact) mass is 429 g/mol. The maximum absolute atomic E-state index is 12.8. The number of anilines is 4. The van der Waals surface area contributed by atoms with Crippen LogP contribution >= 0.6 is 0 Å². The van der Waals surface area contributed by atoms with E-state index in [4.69, 9.17) is 0 Å². The molecule has 0 heterocycles. The van der Waals surface area contributed by atoms with Crippen molar-refractivity contribution in [2.24, 2.45) is 5.10 Å². The number of carbonyl (C=O) groups excluding carboxylic acids is 2. The van der Waals surface area contributed by atoms with Gasteiger partial charge in [0.15, 0.2) is 0 Å². The molecule has 0 aromatic heterocycles. The smallest absolute Gasteiger partial charge is 0.281 e. The van der Waals surface area contributed by atoms with Crippen molar-refractivity contribution >= 4 is 40.3 Å². The summed E-state index contributed by atoms with van der Waals surface area (Å²) in [5.74, 6) is -1.23. The highest BCUT2D eigenvalue weighted by Crippen LogP contribution is 2.18. The van der Waals surface area contributed by atoms with Gasteiger partial charge in [-0.15, -0.1) is 0 Å². The van der Waals surface area contributed by atoms with E-state index in [0.717, 1.165) is 18.8 Å². The average Bonchev–Trinajstić information content (AvgIpc) is 2.82. The summed E-state index contributed by atoms with van der Waals surface area (Å²) in [5, 5.41) is 9.54. The van der Waals surface area contributed by atoms with E-state index in [-0.39, 0.29) is 5.71 Å². The molecular formula is C25H27N5O2. The molecule has 0 fully saturated rings. The van der Waals surface area contributed by atoms with Crippen LogP contribution in [0.15, 0.2) is 90.0 Å². The first-order chi connectivity index (χ1) is 15.6. The highest BCUT2D eigenvalue weighted by molar-refractivity contribution is 6.69. The van der Waals surface area contributed by atoms with E-state index >= 15 is 0 Å². The predicted octanol–water partition coefficient (Wildman–Crippen LogP) is 4.58. The third-order valence-electron chi connectivity index (χ3n) is 4.79. The molecule has 3 aromatic carbocycles. The summed E-state index contributed by atoms with van der Waals surface area (Å²) >= 11 is 0. The Balaban J connectivity index is 1.79. The van der Waals surface area contributed by atoms with E-state index in [1.807, 2.05) is 36.4 Å². The van der Waals surface area contributed by atoms with Gasteiger partial charge in [-0.25, -0.2) is 0 Å². The Morgan fingerprint density at radius 2 is 1.16 bits per heavy atom. The molecule has 0 unspecified atom stereocenters. The number of carbonyl (C=O) groups is 2. The van der Waals surface area contributed by atoms with Gasteiger partial charge in [-0.2, -0.15) is 5.10 Å². The average molecular weight is 430 g/mol. The lowest BCUT2D eigenvalue weighted by atomic mass is 10.2. The zero-order valence-electron chi connectivity index (χ0n) is 18.2. The molecule has 0 saturated heterocycles. The van der Waals surface area contributed by atoms with Crippen molar-refractivity contribution < 1.29 is 9.59 Å². The zero-order chi connectivity index (χ0) is 22.8. The second kappa shape index (κ2) is 11.3. The minimum absolute atomic E-state index is 0.287. The van der Waals surface area contributed by atoms with E-state index in [1.165, 1.54) is 0 Å². The molecule has 0 atom stereocenters. The van der Waals surface area contributed by atoms with Crippen LogP contribution in [0, 0.1) is 0 Å². The molecule has 3 rings (SSSR count). The molecule has 0 spiro atoms. The number of nitrogens with zero attached hydrogens (tertiary/aromatic N) is 2. The standard InChI is InChI=1S/C25H27N5O2/c1-3-30(4-2)22-17-15-21(16-18-22)28-29-23(24(31)26-19-11-7-5-8-12-19)25(32)27-20-13-9-6-10-14-20/h5-18,28H,3-4H2,1-2H3,(H,26,31)(H,27,32). The highest BCUT2D eigenvalue weighted by Gasteiger charge is 2.21. The van der Waals surface area contributed by atoms with Gasteiger partial charge in [0.1, 0.15) is 0 Å². The van der Waals surface area contributed by atoms with Crippen LogP contribution in [0.3, 0.4) is 0 Å².